The monoisotopic (exact) mass is 483 g/mol. The van der Waals surface area contributed by atoms with Crippen molar-refractivity contribution in [3.8, 4) is 0 Å². The van der Waals surface area contributed by atoms with E-state index >= 15 is 0 Å². The molecule has 2 amide bonds. The summed E-state index contributed by atoms with van der Waals surface area (Å²) in [5, 5.41) is 2.98. The zero-order valence-electron chi connectivity index (χ0n) is 20.1. The number of carbonyl (C=O) groups is 2. The molecule has 7 nitrogen and oxygen atoms in total. The van der Waals surface area contributed by atoms with E-state index in [4.69, 9.17) is 0 Å². The van der Waals surface area contributed by atoms with Crippen molar-refractivity contribution in [3.05, 3.63) is 64.7 Å². The van der Waals surface area contributed by atoms with Gasteiger partial charge in [-0.1, -0.05) is 32.0 Å². The summed E-state index contributed by atoms with van der Waals surface area (Å²) in [6.45, 7) is 6.60. The van der Waals surface area contributed by atoms with Crippen molar-refractivity contribution in [2.45, 2.75) is 70.0 Å². The minimum Gasteiger partial charge on any atom is -0.349 e. The van der Waals surface area contributed by atoms with Crippen LogP contribution in [0.3, 0.4) is 0 Å². The molecule has 2 aliphatic rings. The number of benzene rings is 2. The minimum atomic E-state index is -3.66. The molecule has 8 heteroatoms. The fourth-order valence-corrected chi connectivity index (χ4v) is 5.55. The number of sulfonamides is 1. The molecule has 1 N–H and O–H groups in total. The highest BCUT2D eigenvalue weighted by atomic mass is 32.2. The van der Waals surface area contributed by atoms with E-state index in [1.165, 1.54) is 10.4 Å². The zero-order valence-corrected chi connectivity index (χ0v) is 20.9. The smallest absolute Gasteiger partial charge is 0.254 e. The van der Waals surface area contributed by atoms with E-state index in [9.17, 15) is 18.0 Å². The maximum Gasteiger partial charge on any atom is 0.254 e. The number of nitrogens with zero attached hydrogens (tertiary/aromatic N) is 2. The van der Waals surface area contributed by atoms with Crippen LogP contribution in [-0.4, -0.2) is 54.6 Å². The summed E-state index contributed by atoms with van der Waals surface area (Å²) in [7, 11) is -3.66. The zero-order chi connectivity index (χ0) is 24.5. The van der Waals surface area contributed by atoms with E-state index in [-0.39, 0.29) is 22.8 Å². The summed E-state index contributed by atoms with van der Waals surface area (Å²) in [6.07, 6.45) is 3.95. The van der Waals surface area contributed by atoms with Crippen molar-refractivity contribution in [2.75, 3.05) is 13.1 Å². The van der Waals surface area contributed by atoms with Gasteiger partial charge in [-0.25, -0.2) is 8.42 Å². The molecule has 0 heterocycles. The molecular weight excluding hydrogens is 450 g/mol. The van der Waals surface area contributed by atoms with Crippen molar-refractivity contribution in [3.63, 3.8) is 0 Å². The Kier molecular flexibility index (Phi) is 7.09. The molecule has 0 aliphatic heterocycles. The van der Waals surface area contributed by atoms with E-state index < -0.39 is 10.0 Å². The van der Waals surface area contributed by atoms with Gasteiger partial charge in [0.05, 0.1) is 4.90 Å². The summed E-state index contributed by atoms with van der Waals surface area (Å²) in [6, 6.07) is 12.6. The van der Waals surface area contributed by atoms with Crippen LogP contribution in [0.15, 0.2) is 47.4 Å². The molecule has 2 aliphatic carbocycles. The molecule has 0 spiro atoms. The van der Waals surface area contributed by atoms with Gasteiger partial charge in [-0.05, 0) is 68.0 Å². The average molecular weight is 484 g/mol. The molecule has 2 saturated carbocycles. The number of aryl methyl sites for hydroxylation is 1. The largest absolute Gasteiger partial charge is 0.349 e. The van der Waals surface area contributed by atoms with Gasteiger partial charge in [0.25, 0.3) is 11.8 Å². The third-order valence-electron chi connectivity index (χ3n) is 6.51. The van der Waals surface area contributed by atoms with Gasteiger partial charge >= 0.3 is 0 Å². The van der Waals surface area contributed by atoms with Crippen LogP contribution in [0.1, 0.15) is 71.4 Å². The molecule has 0 bridgehead atoms. The summed E-state index contributed by atoms with van der Waals surface area (Å²) in [5.74, 6) is -0.224. The van der Waals surface area contributed by atoms with Gasteiger partial charge in [0.1, 0.15) is 0 Å². The van der Waals surface area contributed by atoms with E-state index in [0.29, 0.717) is 36.8 Å². The molecule has 0 atom stereocenters. The molecule has 34 heavy (non-hydrogen) atoms. The van der Waals surface area contributed by atoms with Crippen LogP contribution in [0.5, 0.6) is 0 Å². The summed E-state index contributed by atoms with van der Waals surface area (Å²) in [4.78, 5) is 27.8. The fraction of sp³-hybridized carbons (Fsp3) is 0.462. The van der Waals surface area contributed by atoms with Crippen molar-refractivity contribution < 1.29 is 18.0 Å². The lowest BCUT2D eigenvalue weighted by Gasteiger charge is -2.24. The molecule has 0 aromatic heterocycles. The Labute approximate surface area is 202 Å². The topological polar surface area (TPSA) is 86.8 Å². The Morgan fingerprint density at radius 1 is 0.971 bits per heavy atom. The molecule has 0 radical (unpaired) electrons. The molecule has 4 rings (SSSR count). The third-order valence-corrected chi connectivity index (χ3v) is 8.56. The highest BCUT2D eigenvalue weighted by Crippen LogP contribution is 2.31. The molecule has 182 valence electrons. The van der Waals surface area contributed by atoms with Gasteiger partial charge in [0, 0.05) is 42.8 Å². The van der Waals surface area contributed by atoms with Crippen molar-refractivity contribution in [2.24, 2.45) is 0 Å². The Morgan fingerprint density at radius 2 is 1.62 bits per heavy atom. The molecule has 0 unspecified atom stereocenters. The van der Waals surface area contributed by atoms with Gasteiger partial charge < -0.3 is 10.2 Å². The van der Waals surface area contributed by atoms with E-state index in [1.54, 1.807) is 38.1 Å². The highest BCUT2D eigenvalue weighted by molar-refractivity contribution is 7.89. The molecule has 2 aromatic rings. The van der Waals surface area contributed by atoms with Crippen LogP contribution < -0.4 is 5.32 Å². The first-order valence-electron chi connectivity index (χ1n) is 12.1. The second-order valence-electron chi connectivity index (χ2n) is 9.17. The average Bonchev–Trinajstić information content (AvgIpc) is 3.73. The first kappa shape index (κ1) is 24.4. The van der Waals surface area contributed by atoms with Crippen LogP contribution in [0.2, 0.25) is 0 Å². The predicted octanol–water partition coefficient (Wildman–Crippen LogP) is 3.72. The number of hydrogen-bond acceptors (Lipinski definition) is 4. The van der Waals surface area contributed by atoms with Crippen molar-refractivity contribution in [1.82, 2.24) is 14.5 Å². The maximum absolute atomic E-state index is 13.6. The number of amides is 2. The maximum atomic E-state index is 13.6. The van der Waals surface area contributed by atoms with Crippen LogP contribution >= 0.6 is 0 Å². The quantitative estimate of drug-likeness (QED) is 0.558. The Balaban J connectivity index is 1.55. The second-order valence-corrected chi connectivity index (χ2v) is 11.1. The van der Waals surface area contributed by atoms with Crippen LogP contribution in [-0.2, 0) is 16.6 Å². The lowest BCUT2D eigenvalue weighted by molar-refractivity contribution is 0.0728. The Bertz CT molecular complexity index is 1170. The Hall–Kier alpha value is -2.71. The van der Waals surface area contributed by atoms with Crippen LogP contribution in [0.4, 0.5) is 0 Å². The van der Waals surface area contributed by atoms with Gasteiger partial charge in [0.15, 0.2) is 0 Å². The molecule has 2 fully saturated rings. The van der Waals surface area contributed by atoms with Crippen molar-refractivity contribution in [1.29, 1.82) is 0 Å². The lowest BCUT2D eigenvalue weighted by Crippen LogP contribution is -2.34. The number of nitrogens with one attached hydrogen (secondary N) is 1. The first-order chi connectivity index (χ1) is 16.2. The Morgan fingerprint density at radius 3 is 2.18 bits per heavy atom. The summed E-state index contributed by atoms with van der Waals surface area (Å²) >= 11 is 0. The van der Waals surface area contributed by atoms with Gasteiger partial charge in [0.2, 0.25) is 10.0 Å². The molecule has 2 aromatic carbocycles. The lowest BCUT2D eigenvalue weighted by atomic mass is 10.1. The first-order valence-corrected chi connectivity index (χ1v) is 13.5. The van der Waals surface area contributed by atoms with Gasteiger partial charge in [-0.3, -0.25) is 9.59 Å². The SMILES string of the molecule is CCN(CC)S(=O)(=O)c1ccc(C)c(C(=O)N(Cc2ccc(C(=O)NC3CC3)cc2)C2CC2)c1. The number of hydrogen-bond donors (Lipinski definition) is 1. The normalized spacial score (nSPS) is 15.9. The number of carbonyl (C=O) groups excluding carboxylic acids is 2. The highest BCUT2D eigenvalue weighted by Gasteiger charge is 2.34. The minimum absolute atomic E-state index is 0.0639. The van der Waals surface area contributed by atoms with Crippen LogP contribution in [0.25, 0.3) is 0 Å². The fourth-order valence-electron chi connectivity index (χ4n) is 4.07. The standard InChI is InChI=1S/C26H33N3O4S/c1-4-28(5-2)34(32,33)23-15-6-18(3)24(16-23)26(31)29(22-13-14-22)17-19-7-9-20(10-8-19)25(30)27-21-11-12-21/h6-10,15-16,21-22H,4-5,11-14,17H2,1-3H3,(H,27,30). The molecular formula is C26H33N3O4S. The summed E-state index contributed by atoms with van der Waals surface area (Å²) < 4.78 is 27.4. The second kappa shape index (κ2) is 9.88. The van der Waals surface area contributed by atoms with E-state index in [1.807, 2.05) is 24.0 Å². The van der Waals surface area contributed by atoms with Gasteiger partial charge in [-0.15, -0.1) is 0 Å². The van der Waals surface area contributed by atoms with E-state index in [0.717, 1.165) is 36.8 Å². The van der Waals surface area contributed by atoms with Crippen molar-refractivity contribution >= 4 is 21.8 Å². The predicted molar refractivity (Wildman–Crippen MR) is 131 cm³/mol. The molecule has 0 saturated heterocycles. The van der Waals surface area contributed by atoms with Crippen LogP contribution in [0, 0.1) is 6.92 Å². The number of rotatable bonds is 10. The van der Waals surface area contributed by atoms with E-state index in [2.05, 4.69) is 5.32 Å². The third kappa shape index (κ3) is 5.33. The van der Waals surface area contributed by atoms with Gasteiger partial charge in [-0.2, -0.15) is 4.31 Å². The summed E-state index contributed by atoms with van der Waals surface area (Å²) in [5.41, 5.74) is 2.72.